The molecule has 0 aliphatic heterocycles. The average Bonchev–Trinajstić information content (AvgIpc) is 3.28. The van der Waals surface area contributed by atoms with Gasteiger partial charge < -0.3 is 4.74 Å². The molecule has 2 aromatic rings. The topological polar surface area (TPSA) is 39.2 Å². The van der Waals surface area contributed by atoms with E-state index in [-0.39, 0.29) is 11.9 Å². The molecule has 3 nitrogen and oxygen atoms in total. The van der Waals surface area contributed by atoms with Crippen molar-refractivity contribution in [3.8, 4) is 0 Å². The lowest BCUT2D eigenvalue weighted by molar-refractivity contribution is 0.0376. The number of nitrogens with zero attached hydrogens (tertiary/aromatic N) is 1. The van der Waals surface area contributed by atoms with Gasteiger partial charge in [-0.3, -0.25) is 9.78 Å². The number of ketones is 1. The van der Waals surface area contributed by atoms with E-state index in [0.29, 0.717) is 12.5 Å². The van der Waals surface area contributed by atoms with Crippen LogP contribution in [0.3, 0.4) is 0 Å². The predicted molar refractivity (Wildman–Crippen MR) is 74.2 cm³/mol. The summed E-state index contributed by atoms with van der Waals surface area (Å²) in [7, 11) is 0. The van der Waals surface area contributed by atoms with Crippen molar-refractivity contribution >= 4 is 16.7 Å². The van der Waals surface area contributed by atoms with E-state index in [1.165, 1.54) is 0 Å². The molecule has 19 heavy (non-hydrogen) atoms. The van der Waals surface area contributed by atoms with Gasteiger partial charge in [0.2, 0.25) is 0 Å². The number of carbonyl (C=O) groups is 1. The molecule has 1 fully saturated rings. The van der Waals surface area contributed by atoms with Crippen LogP contribution in [-0.4, -0.2) is 23.5 Å². The van der Waals surface area contributed by atoms with Gasteiger partial charge >= 0.3 is 0 Å². The maximum atomic E-state index is 12.7. The first-order chi connectivity index (χ1) is 9.31. The summed E-state index contributed by atoms with van der Waals surface area (Å²) in [5, 5.41) is 0.917. The van der Waals surface area contributed by atoms with Crippen LogP contribution < -0.4 is 0 Å². The van der Waals surface area contributed by atoms with Crippen LogP contribution in [-0.2, 0) is 4.74 Å². The standard InChI is InChI=1S/C16H17NO2/c1-2-19-16(11-8-9-11)15(18)13-5-3-7-14-12(13)6-4-10-17-14/h3-7,10-11,16H,2,8-9H2,1H3. The molecule has 3 heteroatoms. The highest BCUT2D eigenvalue weighted by atomic mass is 16.5. The third-order valence-electron chi connectivity index (χ3n) is 3.57. The van der Waals surface area contributed by atoms with Gasteiger partial charge in [0.05, 0.1) is 5.52 Å². The molecule has 0 radical (unpaired) electrons. The Labute approximate surface area is 112 Å². The normalized spacial score (nSPS) is 16.5. The Hall–Kier alpha value is -1.74. The molecule has 1 saturated carbocycles. The Kier molecular flexibility index (Phi) is 3.30. The van der Waals surface area contributed by atoms with E-state index in [9.17, 15) is 4.79 Å². The summed E-state index contributed by atoms with van der Waals surface area (Å²) in [6, 6.07) is 9.51. The number of Topliss-reactive ketones (excluding diaryl/α,β-unsaturated/α-hetero) is 1. The summed E-state index contributed by atoms with van der Waals surface area (Å²) in [4.78, 5) is 17.0. The monoisotopic (exact) mass is 255 g/mol. The molecule has 0 N–H and O–H groups in total. The molecule has 0 spiro atoms. The van der Waals surface area contributed by atoms with Gasteiger partial charge in [0, 0.05) is 23.8 Å². The summed E-state index contributed by atoms with van der Waals surface area (Å²) < 4.78 is 5.66. The van der Waals surface area contributed by atoms with Gasteiger partial charge in [0.15, 0.2) is 5.78 Å². The van der Waals surface area contributed by atoms with Crippen LogP contribution in [0, 0.1) is 5.92 Å². The Morgan fingerprint density at radius 3 is 2.95 bits per heavy atom. The summed E-state index contributed by atoms with van der Waals surface area (Å²) >= 11 is 0. The molecule has 3 rings (SSSR count). The second-order valence-corrected chi connectivity index (χ2v) is 4.95. The van der Waals surface area contributed by atoms with Crippen molar-refractivity contribution in [2.24, 2.45) is 5.92 Å². The Morgan fingerprint density at radius 2 is 2.21 bits per heavy atom. The van der Waals surface area contributed by atoms with Crippen molar-refractivity contribution in [3.63, 3.8) is 0 Å². The molecule has 1 unspecified atom stereocenters. The smallest absolute Gasteiger partial charge is 0.192 e. The van der Waals surface area contributed by atoms with Crippen molar-refractivity contribution in [2.45, 2.75) is 25.9 Å². The summed E-state index contributed by atoms with van der Waals surface area (Å²) in [5.41, 5.74) is 1.59. The van der Waals surface area contributed by atoms with Gasteiger partial charge in [-0.2, -0.15) is 0 Å². The van der Waals surface area contributed by atoms with Gasteiger partial charge in [-0.25, -0.2) is 0 Å². The lowest BCUT2D eigenvalue weighted by atomic mass is 9.98. The van der Waals surface area contributed by atoms with Gasteiger partial charge in [-0.1, -0.05) is 18.2 Å². The molecular formula is C16H17NO2. The zero-order chi connectivity index (χ0) is 13.2. The number of fused-ring (bicyclic) bond motifs is 1. The molecule has 0 saturated heterocycles. The average molecular weight is 255 g/mol. The molecular weight excluding hydrogens is 238 g/mol. The van der Waals surface area contributed by atoms with Crippen LogP contribution >= 0.6 is 0 Å². The van der Waals surface area contributed by atoms with E-state index >= 15 is 0 Å². The van der Waals surface area contributed by atoms with E-state index in [2.05, 4.69) is 4.98 Å². The highest BCUT2D eigenvalue weighted by molar-refractivity contribution is 6.09. The second kappa shape index (κ2) is 5.10. The first-order valence-corrected chi connectivity index (χ1v) is 6.81. The molecule has 1 aromatic carbocycles. The first kappa shape index (κ1) is 12.3. The molecule has 1 aliphatic carbocycles. The largest absolute Gasteiger partial charge is 0.370 e. The summed E-state index contributed by atoms with van der Waals surface area (Å²) in [6.07, 6.45) is 3.66. The molecule has 0 amide bonds. The van der Waals surface area contributed by atoms with Crippen LogP contribution in [0.25, 0.3) is 10.9 Å². The summed E-state index contributed by atoms with van der Waals surface area (Å²) in [5.74, 6) is 0.502. The fourth-order valence-electron chi connectivity index (χ4n) is 2.48. The number of ether oxygens (including phenoxy) is 1. The number of benzene rings is 1. The maximum Gasteiger partial charge on any atom is 0.192 e. The molecule has 1 atom stereocenters. The third kappa shape index (κ3) is 2.38. The predicted octanol–water partition coefficient (Wildman–Crippen LogP) is 3.23. The fourth-order valence-corrected chi connectivity index (χ4v) is 2.48. The summed E-state index contributed by atoms with van der Waals surface area (Å²) in [6.45, 7) is 2.52. The van der Waals surface area contributed by atoms with E-state index in [4.69, 9.17) is 4.74 Å². The molecule has 0 bridgehead atoms. The molecule has 1 aliphatic rings. The zero-order valence-corrected chi connectivity index (χ0v) is 11.0. The van der Waals surface area contributed by atoms with Gasteiger partial charge in [-0.15, -0.1) is 0 Å². The minimum Gasteiger partial charge on any atom is -0.370 e. The van der Waals surface area contributed by atoms with Crippen molar-refractivity contribution in [1.29, 1.82) is 0 Å². The quantitative estimate of drug-likeness (QED) is 0.770. The fraction of sp³-hybridized carbons (Fsp3) is 0.375. The van der Waals surface area contributed by atoms with Crippen molar-refractivity contribution in [2.75, 3.05) is 6.61 Å². The minimum atomic E-state index is -0.282. The Morgan fingerprint density at radius 1 is 1.37 bits per heavy atom. The van der Waals surface area contributed by atoms with E-state index in [0.717, 1.165) is 29.3 Å². The first-order valence-electron chi connectivity index (χ1n) is 6.81. The highest BCUT2D eigenvalue weighted by Crippen LogP contribution is 2.36. The SMILES string of the molecule is CCOC(C(=O)c1cccc2ncccc12)C1CC1. The molecule has 1 aromatic heterocycles. The van der Waals surface area contributed by atoms with Crippen molar-refractivity contribution in [1.82, 2.24) is 4.98 Å². The maximum absolute atomic E-state index is 12.7. The van der Waals surface area contributed by atoms with E-state index in [1.54, 1.807) is 6.20 Å². The Balaban J connectivity index is 2.00. The van der Waals surface area contributed by atoms with Crippen LogP contribution in [0.1, 0.15) is 30.1 Å². The lowest BCUT2D eigenvalue weighted by Crippen LogP contribution is -2.27. The Bertz CT molecular complexity index is 599. The number of rotatable bonds is 5. The van der Waals surface area contributed by atoms with Crippen LogP contribution in [0.2, 0.25) is 0 Å². The number of hydrogen-bond acceptors (Lipinski definition) is 3. The van der Waals surface area contributed by atoms with Gasteiger partial charge in [0.25, 0.3) is 0 Å². The number of hydrogen-bond donors (Lipinski definition) is 0. The minimum absolute atomic E-state index is 0.1000. The van der Waals surface area contributed by atoms with Crippen LogP contribution in [0.4, 0.5) is 0 Å². The van der Waals surface area contributed by atoms with E-state index in [1.807, 2.05) is 37.3 Å². The second-order valence-electron chi connectivity index (χ2n) is 4.95. The number of carbonyl (C=O) groups excluding carboxylic acids is 1. The van der Waals surface area contributed by atoms with Gasteiger partial charge in [-0.05, 0) is 37.8 Å². The van der Waals surface area contributed by atoms with Crippen molar-refractivity contribution < 1.29 is 9.53 Å². The lowest BCUT2D eigenvalue weighted by Gasteiger charge is -2.16. The van der Waals surface area contributed by atoms with Gasteiger partial charge in [0.1, 0.15) is 6.10 Å². The van der Waals surface area contributed by atoms with E-state index < -0.39 is 0 Å². The van der Waals surface area contributed by atoms with Crippen LogP contribution in [0.15, 0.2) is 36.5 Å². The highest BCUT2D eigenvalue weighted by Gasteiger charge is 2.37. The molecule has 98 valence electrons. The van der Waals surface area contributed by atoms with Crippen molar-refractivity contribution in [3.05, 3.63) is 42.1 Å². The zero-order valence-electron chi connectivity index (χ0n) is 11.0. The number of aromatic nitrogens is 1. The van der Waals surface area contributed by atoms with Crippen LogP contribution in [0.5, 0.6) is 0 Å². The third-order valence-corrected chi connectivity index (χ3v) is 3.57. The number of pyridine rings is 1. The molecule has 1 heterocycles.